The average Bonchev–Trinajstić information content (AvgIpc) is 3.76. The van der Waals surface area contributed by atoms with Gasteiger partial charge in [-0.05, 0) is 0 Å². The first-order valence-electron chi connectivity index (χ1n) is 21.5. The second kappa shape index (κ2) is 15.3. The van der Waals surface area contributed by atoms with E-state index in [4.69, 9.17) is 0 Å². The Labute approximate surface area is 366 Å². The Kier molecular flexibility index (Phi) is 11.9. The van der Waals surface area contributed by atoms with E-state index in [1.165, 1.54) is 41.5 Å². The summed E-state index contributed by atoms with van der Waals surface area (Å²) >= 11 is -3.21. The van der Waals surface area contributed by atoms with E-state index in [2.05, 4.69) is 192 Å². The molecule has 0 aromatic heterocycles. The second-order valence-corrected chi connectivity index (χ2v) is 27.6. The Hall–Kier alpha value is -2.31. The number of allylic oxidation sites excluding steroid dienone is 10. The minimum Gasteiger partial charge on any atom is -1.00 e. The Morgan fingerprint density at radius 3 is 1.89 bits per heavy atom. The zero-order chi connectivity index (χ0) is 39.3. The summed E-state index contributed by atoms with van der Waals surface area (Å²) in [5.41, 5.74) is 14.3. The first-order chi connectivity index (χ1) is 25.9. The molecule has 0 nitrogen and oxygen atoms in total. The van der Waals surface area contributed by atoms with Gasteiger partial charge in [-0.15, -0.1) is 0 Å². The van der Waals surface area contributed by atoms with E-state index < -0.39 is 21.3 Å². The summed E-state index contributed by atoms with van der Waals surface area (Å²) in [6.45, 7) is 31.6. The molecule has 0 heterocycles. The van der Waals surface area contributed by atoms with Gasteiger partial charge < -0.3 is 24.8 Å². The van der Waals surface area contributed by atoms with Crippen LogP contribution in [-0.2, 0) is 27.7 Å². The molecule has 0 bridgehead atoms. The first kappa shape index (κ1) is 44.3. The quantitative estimate of drug-likeness (QED) is 0.233. The molecular weight excluding hydrogens is 811 g/mol. The third-order valence-corrected chi connectivity index (χ3v) is 26.9. The molecule has 3 heteroatoms. The normalized spacial score (nSPS) is 27.4. The summed E-state index contributed by atoms with van der Waals surface area (Å²) < 4.78 is 3.46. The van der Waals surface area contributed by atoms with Crippen LogP contribution >= 0.6 is 0 Å². The predicted octanol–water partition coefficient (Wildman–Crippen LogP) is 8.73. The van der Waals surface area contributed by atoms with Gasteiger partial charge >= 0.3 is 344 Å². The standard InChI is InChI=1S/C29H37.C13H10.C12H19.2ClH.Zr/c1-18-25-22-17-19-13-9-10-14-20(19)24(22)21-15-11-12-16-23(21)29(25,8)28(6,7)27(4,5)26(18,2)3;1-3-7-12(8-4-1)11-13-9-5-2-6-10-13;1-5-6-10-7-8-11(9-10)12(2,3)4;;;/h9-11,13-15,23H,12,16-17H2,1-8H3;1-10H;8-10H,5-6H2,1-4H3;2*1H;/q;;;;;+2/p-2. The van der Waals surface area contributed by atoms with Crippen LogP contribution in [0.5, 0.6) is 0 Å². The van der Waals surface area contributed by atoms with E-state index in [1.807, 2.05) is 8.85 Å². The molecule has 4 unspecified atom stereocenters. The second-order valence-electron chi connectivity index (χ2n) is 20.6. The Bertz CT molecular complexity index is 2190. The molecule has 0 radical (unpaired) electrons. The number of fused-ring (bicyclic) bond motifs is 6. The molecule has 3 aromatic rings. The maximum Gasteiger partial charge on any atom is -1.00 e. The van der Waals surface area contributed by atoms with Crippen molar-refractivity contribution in [1.82, 2.24) is 0 Å². The molecule has 5 aliphatic carbocycles. The molecule has 0 spiro atoms. The van der Waals surface area contributed by atoms with Crippen molar-refractivity contribution >= 4 is 8.78 Å². The third kappa shape index (κ3) is 6.15. The summed E-state index contributed by atoms with van der Waals surface area (Å²) in [7, 11) is 0. The van der Waals surface area contributed by atoms with Crippen LogP contribution in [0.3, 0.4) is 0 Å². The molecule has 1 saturated carbocycles. The molecular formula is C54H66Cl2Zr. The van der Waals surface area contributed by atoms with Crippen molar-refractivity contribution in [3.05, 3.63) is 157 Å². The van der Waals surface area contributed by atoms with Crippen molar-refractivity contribution in [1.29, 1.82) is 0 Å². The fourth-order valence-electron chi connectivity index (χ4n) is 12.6. The van der Waals surface area contributed by atoms with Gasteiger partial charge in [-0.2, -0.15) is 0 Å². The monoisotopic (exact) mass is 874 g/mol. The first-order valence-corrected chi connectivity index (χ1v) is 25.2. The third-order valence-electron chi connectivity index (χ3n) is 17.0. The maximum absolute atomic E-state index is 3.21. The van der Waals surface area contributed by atoms with Crippen molar-refractivity contribution in [3.8, 4) is 0 Å². The average molecular weight is 877 g/mol. The summed E-state index contributed by atoms with van der Waals surface area (Å²) in [5, 5.41) is 0. The van der Waals surface area contributed by atoms with Gasteiger partial charge in [-0.3, -0.25) is 0 Å². The molecule has 0 saturated heterocycles. The maximum atomic E-state index is 2.87. The molecule has 57 heavy (non-hydrogen) atoms. The molecule has 3 aromatic carbocycles. The zero-order valence-corrected chi connectivity index (χ0v) is 40.8. The molecule has 0 aliphatic heterocycles. The minimum absolute atomic E-state index is 0. The van der Waals surface area contributed by atoms with Crippen molar-refractivity contribution < 1.29 is 46.1 Å². The van der Waals surface area contributed by atoms with Gasteiger partial charge in [0.15, 0.2) is 0 Å². The van der Waals surface area contributed by atoms with E-state index in [0.717, 1.165) is 12.8 Å². The van der Waals surface area contributed by atoms with Crippen molar-refractivity contribution in [2.24, 2.45) is 38.9 Å². The molecule has 300 valence electrons. The van der Waals surface area contributed by atoms with Crippen LogP contribution in [0.15, 0.2) is 135 Å². The van der Waals surface area contributed by atoms with Gasteiger partial charge in [0.25, 0.3) is 0 Å². The van der Waals surface area contributed by atoms with Crippen molar-refractivity contribution in [3.63, 3.8) is 0 Å². The Balaban J connectivity index is 0.00000275. The van der Waals surface area contributed by atoms with E-state index in [9.17, 15) is 0 Å². The zero-order valence-electron chi connectivity index (χ0n) is 36.8. The topological polar surface area (TPSA) is 0 Å². The van der Waals surface area contributed by atoms with Gasteiger partial charge in [0.1, 0.15) is 0 Å². The van der Waals surface area contributed by atoms with Crippen LogP contribution in [0.4, 0.5) is 0 Å². The molecule has 0 N–H and O–H groups in total. The summed E-state index contributed by atoms with van der Waals surface area (Å²) in [4.78, 5) is 0. The van der Waals surface area contributed by atoms with Crippen LogP contribution in [-0.4, -0.2) is 3.21 Å². The predicted molar refractivity (Wildman–Crippen MR) is 234 cm³/mol. The number of hydrogen-bond donors (Lipinski definition) is 0. The summed E-state index contributed by atoms with van der Waals surface area (Å²) in [6, 6.07) is 32.9. The van der Waals surface area contributed by atoms with E-state index in [0.29, 0.717) is 11.8 Å². The SMILES string of the molecule is CCCC1C=C(C(C)(C)C)C=[C]1[Zr+2](=[C](c1ccccc1)c1ccccc1)[C]1(C)C2=C3Cc4ccccc4C3=C3C=CCCC3C2(C)C(C)(C)C(C)(C)C1(C)C.[Cl-].[Cl-]. The fourth-order valence-corrected chi connectivity index (χ4v) is 24.4. The molecule has 5 aliphatic rings. The number of benzene rings is 3. The van der Waals surface area contributed by atoms with E-state index in [-0.39, 0.29) is 55.0 Å². The smallest absolute Gasteiger partial charge is 1.00 e. The molecule has 0 amide bonds. The van der Waals surface area contributed by atoms with E-state index >= 15 is 0 Å². The van der Waals surface area contributed by atoms with Crippen LogP contribution in [0.2, 0.25) is 3.12 Å². The molecule has 8 rings (SSSR count). The summed E-state index contributed by atoms with van der Waals surface area (Å²) in [6.07, 6.45) is 16.5. The van der Waals surface area contributed by atoms with Crippen LogP contribution in [0, 0.1) is 38.9 Å². The number of halogens is 2. The van der Waals surface area contributed by atoms with Crippen molar-refractivity contribution in [2.45, 2.75) is 118 Å². The van der Waals surface area contributed by atoms with Gasteiger partial charge in [-0.25, -0.2) is 0 Å². The van der Waals surface area contributed by atoms with E-state index in [1.54, 1.807) is 25.5 Å². The molecule has 1 fully saturated rings. The Morgan fingerprint density at radius 1 is 0.737 bits per heavy atom. The molecule has 4 atom stereocenters. The van der Waals surface area contributed by atoms with Gasteiger partial charge in [0.2, 0.25) is 0 Å². The van der Waals surface area contributed by atoms with Crippen LogP contribution < -0.4 is 24.8 Å². The number of rotatable bonds is 6. The van der Waals surface area contributed by atoms with Gasteiger partial charge in [-0.1, -0.05) is 0 Å². The van der Waals surface area contributed by atoms with Crippen molar-refractivity contribution in [2.75, 3.05) is 0 Å². The van der Waals surface area contributed by atoms with Gasteiger partial charge in [0, 0.05) is 0 Å². The minimum atomic E-state index is -3.21. The van der Waals surface area contributed by atoms with Crippen LogP contribution in [0.1, 0.15) is 131 Å². The largest absolute Gasteiger partial charge is 1.00 e. The Morgan fingerprint density at radius 2 is 1.32 bits per heavy atom. The summed E-state index contributed by atoms with van der Waals surface area (Å²) in [5.74, 6) is 0.960. The number of hydrogen-bond acceptors (Lipinski definition) is 0. The fraction of sp³-hybridized carbons (Fsp3) is 0.463. The van der Waals surface area contributed by atoms with Crippen LogP contribution in [0.25, 0.3) is 5.57 Å². The van der Waals surface area contributed by atoms with Gasteiger partial charge in [0.05, 0.1) is 0 Å².